The number of nitrogens with two attached hydrogens (primary N) is 1. The third-order valence-corrected chi connectivity index (χ3v) is 4.22. The van der Waals surface area contributed by atoms with Crippen LogP contribution in [0.25, 0.3) is 0 Å². The highest BCUT2D eigenvalue weighted by atomic mass is 32.2. The first-order valence-electron chi connectivity index (χ1n) is 5.04. The zero-order valence-electron chi connectivity index (χ0n) is 9.03. The van der Waals surface area contributed by atoms with Gasteiger partial charge in [-0.15, -0.1) is 11.8 Å². The zero-order chi connectivity index (χ0) is 13.5. The van der Waals surface area contributed by atoms with E-state index < -0.39 is 34.9 Å². The largest absolute Gasteiger partial charge is 0.395 e. The molecule has 0 aromatic carbocycles. The van der Waals surface area contributed by atoms with Gasteiger partial charge in [-0.2, -0.15) is 4.98 Å². The molecule has 19 heavy (non-hydrogen) atoms. The predicted octanol–water partition coefficient (Wildman–Crippen LogP) is 0.0641. The van der Waals surface area contributed by atoms with Crippen molar-refractivity contribution in [3.05, 3.63) is 22.7 Å². The van der Waals surface area contributed by atoms with Crippen LogP contribution in [0, 0.1) is 0 Å². The lowest BCUT2D eigenvalue weighted by molar-refractivity contribution is -0.114. The van der Waals surface area contributed by atoms with Crippen molar-refractivity contribution >= 4 is 17.6 Å². The number of nitrogen functional groups attached to an aromatic ring is 1. The van der Waals surface area contributed by atoms with Gasteiger partial charge in [-0.3, -0.25) is 4.57 Å². The Hall–Kier alpha value is -1.19. The molecule has 1 aromatic heterocycles. The second-order valence-corrected chi connectivity index (χ2v) is 5.20. The van der Waals surface area contributed by atoms with Gasteiger partial charge in [0.05, 0.1) is 11.9 Å². The summed E-state index contributed by atoms with van der Waals surface area (Å²) in [5, 5.41) is 15.7. The molecule has 0 unspecified atom stereocenters. The average molecular weight is 295 g/mol. The van der Waals surface area contributed by atoms with E-state index in [0.29, 0.717) is 16.3 Å². The molecule has 3 atom stereocenters. The van der Waals surface area contributed by atoms with Gasteiger partial charge in [0.25, 0.3) is 0 Å². The van der Waals surface area contributed by atoms with E-state index in [1.165, 1.54) is 6.07 Å². The van der Waals surface area contributed by atoms with Crippen LogP contribution in [0.3, 0.4) is 0 Å². The molecule has 1 fully saturated rings. The van der Waals surface area contributed by atoms with Crippen LogP contribution in [-0.2, 0) is 0 Å². The minimum atomic E-state index is -3.53. The first-order valence-corrected chi connectivity index (χ1v) is 5.99. The molecular weight excluding hydrogens is 280 g/mol. The summed E-state index contributed by atoms with van der Waals surface area (Å²) in [7, 11) is 0. The van der Waals surface area contributed by atoms with Crippen molar-refractivity contribution in [2.75, 3.05) is 12.3 Å². The highest BCUT2D eigenvalue weighted by molar-refractivity contribution is 8.00. The summed E-state index contributed by atoms with van der Waals surface area (Å²) in [5.74, 6) is -3.60. The molecule has 6 nitrogen and oxygen atoms in total. The number of hydrogen-bond donors (Lipinski definition) is 3. The van der Waals surface area contributed by atoms with Crippen molar-refractivity contribution in [1.29, 1.82) is 0 Å². The number of alkyl halides is 2. The number of aliphatic hydroxyl groups excluding tert-OH is 2. The number of rotatable bonds is 2. The smallest absolute Gasteiger partial charge is 0.350 e. The Bertz CT molecular complexity index is 511. The SMILES string of the molecule is C.Nc1ccn([C@@H]2S[C@H](CO)[C@@H](O)C2(F)F)c(=O)n1. The van der Waals surface area contributed by atoms with Crippen LogP contribution in [0.15, 0.2) is 17.1 Å². The summed E-state index contributed by atoms with van der Waals surface area (Å²) in [5.41, 5.74) is 4.35. The molecule has 1 aliphatic heterocycles. The normalized spacial score (nSPS) is 28.9. The van der Waals surface area contributed by atoms with Crippen molar-refractivity contribution in [2.24, 2.45) is 0 Å². The molecule has 0 aliphatic carbocycles. The van der Waals surface area contributed by atoms with E-state index in [1.54, 1.807) is 0 Å². The Kier molecular flexibility index (Phi) is 4.54. The summed E-state index contributed by atoms with van der Waals surface area (Å²) in [4.78, 5) is 14.9. The van der Waals surface area contributed by atoms with Crippen molar-refractivity contribution in [1.82, 2.24) is 9.55 Å². The van der Waals surface area contributed by atoms with Crippen LogP contribution in [0.2, 0.25) is 0 Å². The second-order valence-electron chi connectivity index (χ2n) is 3.87. The number of thioether (sulfide) groups is 1. The van der Waals surface area contributed by atoms with Gasteiger partial charge < -0.3 is 15.9 Å². The molecule has 0 spiro atoms. The first kappa shape index (κ1) is 15.9. The third-order valence-electron chi connectivity index (χ3n) is 2.66. The van der Waals surface area contributed by atoms with Crippen LogP contribution >= 0.6 is 11.8 Å². The Morgan fingerprint density at radius 2 is 2.21 bits per heavy atom. The monoisotopic (exact) mass is 295 g/mol. The molecule has 9 heteroatoms. The Morgan fingerprint density at radius 1 is 1.58 bits per heavy atom. The topological polar surface area (TPSA) is 101 Å². The van der Waals surface area contributed by atoms with E-state index in [4.69, 9.17) is 10.8 Å². The van der Waals surface area contributed by atoms with Gasteiger partial charge in [-0.25, -0.2) is 13.6 Å². The molecule has 0 radical (unpaired) electrons. The Morgan fingerprint density at radius 3 is 2.68 bits per heavy atom. The lowest BCUT2D eigenvalue weighted by Crippen LogP contribution is -2.41. The summed E-state index contributed by atoms with van der Waals surface area (Å²) in [6, 6.07) is 1.22. The molecule has 1 aliphatic rings. The van der Waals surface area contributed by atoms with E-state index in [1.807, 2.05) is 0 Å². The summed E-state index contributed by atoms with van der Waals surface area (Å²) in [6.45, 7) is -0.602. The molecule has 2 heterocycles. The Labute approximate surface area is 112 Å². The lowest BCUT2D eigenvalue weighted by atomic mass is 10.1. The van der Waals surface area contributed by atoms with Crippen LogP contribution < -0.4 is 11.4 Å². The molecule has 0 saturated carbocycles. The molecule has 1 aromatic rings. The van der Waals surface area contributed by atoms with Gasteiger partial charge in [0, 0.05) is 6.20 Å². The predicted molar refractivity (Wildman–Crippen MR) is 68.1 cm³/mol. The van der Waals surface area contributed by atoms with Crippen molar-refractivity contribution in [3.8, 4) is 0 Å². The van der Waals surface area contributed by atoms with E-state index in [9.17, 15) is 18.7 Å². The fourth-order valence-corrected chi connectivity index (χ4v) is 3.08. The molecule has 1 saturated heterocycles. The quantitative estimate of drug-likeness (QED) is 0.713. The first-order chi connectivity index (χ1) is 8.37. The van der Waals surface area contributed by atoms with Gasteiger partial charge >= 0.3 is 11.6 Å². The van der Waals surface area contributed by atoms with Gasteiger partial charge in [0.2, 0.25) is 0 Å². The third kappa shape index (κ3) is 2.58. The van der Waals surface area contributed by atoms with E-state index >= 15 is 0 Å². The number of nitrogens with zero attached hydrogens (tertiary/aromatic N) is 2. The number of halogens is 2. The maximum absolute atomic E-state index is 13.8. The maximum Gasteiger partial charge on any atom is 0.350 e. The van der Waals surface area contributed by atoms with Crippen LogP contribution in [0.4, 0.5) is 14.6 Å². The molecule has 108 valence electrons. The minimum Gasteiger partial charge on any atom is -0.395 e. The zero-order valence-corrected chi connectivity index (χ0v) is 9.85. The molecule has 4 N–H and O–H groups in total. The molecular formula is C10H15F2N3O3S. The fourth-order valence-electron chi connectivity index (χ4n) is 1.72. The van der Waals surface area contributed by atoms with Gasteiger partial charge in [-0.1, -0.05) is 7.43 Å². The number of anilines is 1. The summed E-state index contributed by atoms with van der Waals surface area (Å²) < 4.78 is 28.3. The van der Waals surface area contributed by atoms with Gasteiger partial charge in [-0.05, 0) is 6.07 Å². The highest BCUT2D eigenvalue weighted by Crippen LogP contribution is 2.51. The molecule has 0 amide bonds. The lowest BCUT2D eigenvalue weighted by Gasteiger charge is -2.22. The number of aromatic nitrogens is 2. The fraction of sp³-hybridized carbons (Fsp3) is 0.600. The van der Waals surface area contributed by atoms with Crippen molar-refractivity contribution in [2.45, 2.75) is 30.1 Å². The van der Waals surface area contributed by atoms with Gasteiger partial charge in [0.15, 0.2) is 5.37 Å². The standard InChI is InChI=1S/C9H11F2N3O3S.CH4/c10-9(11)6(16)4(3-15)18-7(9)14-2-1-5(12)13-8(14)17;/h1-2,4,6-7,15-16H,3H2,(H2,12,13,17);1H4/t4-,6-,7-;/m1./s1. The van der Waals surface area contributed by atoms with Crippen molar-refractivity contribution in [3.63, 3.8) is 0 Å². The van der Waals surface area contributed by atoms with Gasteiger partial charge in [0.1, 0.15) is 11.9 Å². The Balaban J connectivity index is 0.00000180. The number of hydrogen-bond acceptors (Lipinski definition) is 6. The number of aliphatic hydroxyl groups is 2. The van der Waals surface area contributed by atoms with Crippen LogP contribution in [0.5, 0.6) is 0 Å². The second kappa shape index (κ2) is 5.43. The summed E-state index contributed by atoms with van der Waals surface area (Å²) in [6.07, 6.45) is -0.912. The minimum absolute atomic E-state index is 0. The van der Waals surface area contributed by atoms with E-state index in [0.717, 1.165) is 6.20 Å². The van der Waals surface area contributed by atoms with Crippen LogP contribution in [0.1, 0.15) is 12.8 Å². The average Bonchev–Trinajstić information content (AvgIpc) is 2.52. The molecule has 2 rings (SSSR count). The van der Waals surface area contributed by atoms with Crippen molar-refractivity contribution < 1.29 is 19.0 Å². The van der Waals surface area contributed by atoms with Crippen LogP contribution in [-0.4, -0.2) is 43.6 Å². The molecule has 0 bridgehead atoms. The summed E-state index contributed by atoms with van der Waals surface area (Å²) >= 11 is 0.631. The van der Waals surface area contributed by atoms with E-state index in [2.05, 4.69) is 4.98 Å². The highest BCUT2D eigenvalue weighted by Gasteiger charge is 2.58. The van der Waals surface area contributed by atoms with E-state index in [-0.39, 0.29) is 13.2 Å². The maximum atomic E-state index is 13.8.